The maximum absolute atomic E-state index is 13.1. The van der Waals surface area contributed by atoms with Crippen LogP contribution < -0.4 is 16.0 Å². The van der Waals surface area contributed by atoms with Crippen molar-refractivity contribution < 1.29 is 9.90 Å². The van der Waals surface area contributed by atoms with Gasteiger partial charge in [0, 0.05) is 18.5 Å². The molecule has 0 spiro atoms. The average molecular weight is 459 g/mol. The molecule has 4 N–H and O–H groups in total. The van der Waals surface area contributed by atoms with Gasteiger partial charge in [-0.2, -0.15) is 0 Å². The number of amides is 1. The maximum atomic E-state index is 13.1. The molecule has 1 saturated carbocycles. The van der Waals surface area contributed by atoms with E-state index < -0.39 is 11.3 Å². The van der Waals surface area contributed by atoms with Gasteiger partial charge in [0.2, 0.25) is 0 Å². The molecule has 4 rings (SSSR count). The summed E-state index contributed by atoms with van der Waals surface area (Å²) in [5, 5.41) is 14.9. The van der Waals surface area contributed by atoms with Crippen molar-refractivity contribution in [3.63, 3.8) is 0 Å². The second-order valence-electron chi connectivity index (χ2n) is 10.0. The molecule has 32 heavy (non-hydrogen) atoms. The highest BCUT2D eigenvalue weighted by atomic mass is 35.5. The maximum Gasteiger partial charge on any atom is 0.253 e. The molecule has 7 heteroatoms. The van der Waals surface area contributed by atoms with Crippen LogP contribution in [0.15, 0.2) is 24.3 Å². The smallest absolute Gasteiger partial charge is 0.253 e. The van der Waals surface area contributed by atoms with Crippen molar-refractivity contribution in [1.29, 1.82) is 0 Å². The van der Waals surface area contributed by atoms with Gasteiger partial charge < -0.3 is 21.1 Å². The number of fused-ring (bicyclic) bond motifs is 1. The minimum Gasteiger partial charge on any atom is -0.388 e. The van der Waals surface area contributed by atoms with Crippen molar-refractivity contribution in [2.45, 2.75) is 70.6 Å². The number of hydrogen-bond acceptors (Lipinski definition) is 5. The number of carbonyl (C=O) groups excluding carboxylic acids is 1. The van der Waals surface area contributed by atoms with Crippen LogP contribution in [0.25, 0.3) is 10.9 Å². The fraction of sp³-hybridized carbons (Fsp3) is 0.600. The number of halogens is 1. The van der Waals surface area contributed by atoms with Crippen LogP contribution in [0.1, 0.15) is 69.7 Å². The summed E-state index contributed by atoms with van der Waals surface area (Å²) < 4.78 is 0. The molecule has 4 atom stereocenters. The Morgan fingerprint density at radius 2 is 2.12 bits per heavy atom. The topological polar surface area (TPSA) is 91.5 Å². The van der Waals surface area contributed by atoms with Crippen molar-refractivity contribution in [1.82, 2.24) is 10.3 Å². The molecule has 0 bridgehead atoms. The van der Waals surface area contributed by atoms with E-state index in [0.29, 0.717) is 46.2 Å². The van der Waals surface area contributed by atoms with Gasteiger partial charge in [-0.15, -0.1) is 0 Å². The highest BCUT2D eigenvalue weighted by Crippen LogP contribution is 2.37. The Kier molecular flexibility index (Phi) is 6.40. The number of benzene rings is 1. The Morgan fingerprint density at radius 1 is 1.34 bits per heavy atom. The summed E-state index contributed by atoms with van der Waals surface area (Å²) in [5.41, 5.74) is 6.47. The zero-order valence-corrected chi connectivity index (χ0v) is 20.1. The zero-order chi connectivity index (χ0) is 23.1. The highest BCUT2D eigenvalue weighted by molar-refractivity contribution is 6.35. The zero-order valence-electron chi connectivity index (χ0n) is 19.3. The first-order valence-corrected chi connectivity index (χ1v) is 12.2. The summed E-state index contributed by atoms with van der Waals surface area (Å²) in [5.74, 6) is 1.41. The second kappa shape index (κ2) is 8.81. The number of aromatic nitrogens is 1. The Bertz CT molecular complexity index is 1010. The normalized spacial score (nSPS) is 30.6. The molecule has 1 amide bonds. The van der Waals surface area contributed by atoms with E-state index in [1.54, 1.807) is 6.07 Å². The van der Waals surface area contributed by atoms with Gasteiger partial charge in [0.1, 0.15) is 5.82 Å². The molecule has 1 saturated heterocycles. The number of aliphatic hydroxyl groups is 1. The van der Waals surface area contributed by atoms with Gasteiger partial charge >= 0.3 is 0 Å². The first-order valence-electron chi connectivity index (χ1n) is 11.8. The first kappa shape index (κ1) is 23.3. The van der Waals surface area contributed by atoms with E-state index in [0.717, 1.165) is 38.0 Å². The van der Waals surface area contributed by atoms with Gasteiger partial charge in [0.05, 0.1) is 27.4 Å². The third-order valence-corrected chi connectivity index (χ3v) is 7.87. The summed E-state index contributed by atoms with van der Waals surface area (Å²) >= 11 is 6.45. The lowest BCUT2D eigenvalue weighted by molar-refractivity contribution is -0.0109. The lowest BCUT2D eigenvalue weighted by Gasteiger charge is -2.36. The van der Waals surface area contributed by atoms with E-state index in [-0.39, 0.29) is 12.5 Å². The number of nitrogens with one attached hydrogen (secondary N) is 1. The summed E-state index contributed by atoms with van der Waals surface area (Å²) in [6.45, 7) is 7.47. The minimum absolute atomic E-state index is 0.228. The van der Waals surface area contributed by atoms with Crippen LogP contribution in [-0.2, 0) is 0 Å². The second-order valence-corrected chi connectivity index (χ2v) is 10.4. The molecular formula is C25H35ClN4O2. The summed E-state index contributed by atoms with van der Waals surface area (Å²) in [4.78, 5) is 20.1. The number of anilines is 1. The monoisotopic (exact) mass is 458 g/mol. The number of nitrogens with two attached hydrogens (primary N) is 1. The van der Waals surface area contributed by atoms with Crippen LogP contribution in [0.4, 0.5) is 5.82 Å². The third-order valence-electron chi connectivity index (χ3n) is 7.56. The lowest BCUT2D eigenvalue weighted by atomic mass is 9.79. The number of hydrogen-bond donors (Lipinski definition) is 3. The molecule has 1 aliphatic carbocycles. The van der Waals surface area contributed by atoms with E-state index in [9.17, 15) is 9.90 Å². The molecule has 2 fully saturated rings. The predicted molar refractivity (Wildman–Crippen MR) is 130 cm³/mol. The Morgan fingerprint density at radius 3 is 2.81 bits per heavy atom. The number of carbonyl (C=O) groups is 1. The molecule has 2 aliphatic rings. The number of pyridine rings is 1. The van der Waals surface area contributed by atoms with Crippen molar-refractivity contribution in [3.8, 4) is 0 Å². The molecule has 1 aromatic carbocycles. The average Bonchev–Trinajstić information content (AvgIpc) is 3.05. The fourth-order valence-corrected chi connectivity index (χ4v) is 5.94. The van der Waals surface area contributed by atoms with Crippen molar-refractivity contribution in [2.75, 3.05) is 18.0 Å². The van der Waals surface area contributed by atoms with E-state index in [4.69, 9.17) is 22.3 Å². The molecule has 2 aromatic rings. The minimum atomic E-state index is -0.854. The third kappa shape index (κ3) is 4.33. The van der Waals surface area contributed by atoms with E-state index in [2.05, 4.69) is 31.0 Å². The van der Waals surface area contributed by atoms with Gasteiger partial charge in [0.25, 0.3) is 5.91 Å². The van der Waals surface area contributed by atoms with Crippen LogP contribution in [0, 0.1) is 11.8 Å². The Balaban J connectivity index is 1.59. The van der Waals surface area contributed by atoms with Crippen LogP contribution in [0.5, 0.6) is 0 Å². The largest absolute Gasteiger partial charge is 0.388 e. The Labute approximate surface area is 195 Å². The van der Waals surface area contributed by atoms with Gasteiger partial charge in [-0.05, 0) is 68.7 Å². The number of nitrogens with zero attached hydrogens (tertiary/aromatic N) is 2. The van der Waals surface area contributed by atoms with Gasteiger partial charge in [0.15, 0.2) is 0 Å². The molecule has 0 radical (unpaired) electrons. The molecular weight excluding hydrogens is 424 g/mol. The fourth-order valence-electron chi connectivity index (χ4n) is 5.69. The molecule has 2 heterocycles. The van der Waals surface area contributed by atoms with E-state index in [1.165, 1.54) is 0 Å². The summed E-state index contributed by atoms with van der Waals surface area (Å²) in [6.07, 6.45) is 5.58. The van der Waals surface area contributed by atoms with Crippen LogP contribution in [0.2, 0.25) is 5.02 Å². The SMILES string of the molecule is CCC1CCN(c2ccc3c(C(=O)NC[C@@]4(O)CCC[C@@H](C)C4)c(Cl)ccc3n2)C1(C)N. The summed E-state index contributed by atoms with van der Waals surface area (Å²) in [6, 6.07) is 7.39. The Hall–Kier alpha value is -1.89. The van der Waals surface area contributed by atoms with Crippen LogP contribution >= 0.6 is 11.6 Å². The van der Waals surface area contributed by atoms with E-state index in [1.807, 2.05) is 18.2 Å². The predicted octanol–water partition coefficient (Wildman–Crippen LogP) is 4.47. The van der Waals surface area contributed by atoms with Crippen LogP contribution in [0.3, 0.4) is 0 Å². The summed E-state index contributed by atoms with van der Waals surface area (Å²) in [7, 11) is 0. The van der Waals surface area contributed by atoms with E-state index >= 15 is 0 Å². The van der Waals surface area contributed by atoms with Crippen molar-refractivity contribution in [2.24, 2.45) is 17.6 Å². The molecule has 174 valence electrons. The molecule has 1 aliphatic heterocycles. The first-order chi connectivity index (χ1) is 15.1. The number of rotatable bonds is 5. The van der Waals surface area contributed by atoms with Crippen LogP contribution in [-0.4, -0.2) is 40.4 Å². The van der Waals surface area contributed by atoms with Gasteiger partial charge in [-0.3, -0.25) is 4.79 Å². The molecule has 1 aromatic heterocycles. The molecule has 2 unspecified atom stereocenters. The molecule has 6 nitrogen and oxygen atoms in total. The standard InChI is InChI=1S/C25H35ClN4O2/c1-4-17-11-13-30(24(17,3)27)21-10-7-18-20(29-21)9-8-19(26)22(18)23(31)28-15-25(32)12-5-6-16(2)14-25/h7-10,16-17,32H,4-6,11-15,27H2,1-3H3,(H,28,31)/t16-,17?,24?,25-/m1/s1. The van der Waals surface area contributed by atoms with Gasteiger partial charge in [-0.1, -0.05) is 38.3 Å². The van der Waals surface area contributed by atoms with Gasteiger partial charge in [-0.25, -0.2) is 4.98 Å². The van der Waals surface area contributed by atoms with Crippen molar-refractivity contribution >= 4 is 34.2 Å². The highest BCUT2D eigenvalue weighted by Gasteiger charge is 2.41. The van der Waals surface area contributed by atoms with Crippen molar-refractivity contribution in [3.05, 3.63) is 34.9 Å². The lowest BCUT2D eigenvalue weighted by Crippen LogP contribution is -2.53. The quantitative estimate of drug-likeness (QED) is 0.614.